The molecule has 1 heterocycles. The van der Waals surface area contributed by atoms with Crippen LogP contribution in [0.4, 0.5) is 0 Å². The number of aliphatic hydroxyl groups is 2. The van der Waals surface area contributed by atoms with Gasteiger partial charge in [-0.2, -0.15) is 0 Å². The molecule has 5 nitrogen and oxygen atoms in total. The Balaban J connectivity index is 1.33. The van der Waals surface area contributed by atoms with Gasteiger partial charge in [0.05, 0.1) is 24.4 Å². The van der Waals surface area contributed by atoms with Gasteiger partial charge in [0.1, 0.15) is 6.10 Å². The van der Waals surface area contributed by atoms with E-state index in [0.717, 1.165) is 44.9 Å². The number of carbonyl (C=O) groups is 1. The third-order valence-corrected chi connectivity index (χ3v) is 14.1. The van der Waals surface area contributed by atoms with Crippen molar-refractivity contribution < 1.29 is 24.5 Å². The lowest BCUT2D eigenvalue weighted by Gasteiger charge is -2.63. The Kier molecular flexibility index (Phi) is 5.88. The van der Waals surface area contributed by atoms with Crippen LogP contribution in [0.25, 0.3) is 0 Å². The zero-order valence-electron chi connectivity index (χ0n) is 24.4. The maximum absolute atomic E-state index is 12.3. The number of esters is 1. The average Bonchev–Trinajstić information content (AvgIpc) is 3.46. The molecule has 0 bridgehead atoms. The SMILES string of the molecule is CCCC(OC(C)=O)C1CC(C)C2C(O1)C(O)C1(C)C3CCC4C(C)(C)C(O)CCC45CC35CCC21C. The van der Waals surface area contributed by atoms with Crippen molar-refractivity contribution in [2.45, 2.75) is 143 Å². The lowest BCUT2D eigenvalue weighted by molar-refractivity contribution is -0.190. The maximum Gasteiger partial charge on any atom is 0.302 e. The first kappa shape index (κ1) is 26.6. The van der Waals surface area contributed by atoms with E-state index in [2.05, 4.69) is 41.5 Å². The van der Waals surface area contributed by atoms with Crippen molar-refractivity contribution in [2.75, 3.05) is 0 Å². The van der Waals surface area contributed by atoms with Gasteiger partial charge in [0, 0.05) is 12.3 Å². The molecule has 2 spiro atoms. The first-order valence-corrected chi connectivity index (χ1v) is 15.5. The van der Waals surface area contributed by atoms with Crippen LogP contribution in [0.15, 0.2) is 0 Å². The van der Waals surface area contributed by atoms with Gasteiger partial charge in [-0.05, 0) is 103 Å². The van der Waals surface area contributed by atoms with Crippen LogP contribution in [0.1, 0.15) is 113 Å². The quantitative estimate of drug-likeness (QED) is 0.456. The summed E-state index contributed by atoms with van der Waals surface area (Å²) in [5.41, 5.74) is 0.514. The van der Waals surface area contributed by atoms with Gasteiger partial charge in [0.25, 0.3) is 0 Å². The van der Waals surface area contributed by atoms with Crippen LogP contribution in [0.5, 0.6) is 0 Å². The minimum Gasteiger partial charge on any atom is -0.460 e. The second-order valence-electron chi connectivity index (χ2n) is 15.5. The molecule has 0 aromatic carbocycles. The van der Waals surface area contributed by atoms with Crippen LogP contribution in [0.3, 0.4) is 0 Å². The zero-order valence-corrected chi connectivity index (χ0v) is 24.4. The molecule has 6 aliphatic rings. The molecular formula is C32H52O5. The fraction of sp³-hybridized carbons (Fsp3) is 0.969. The third-order valence-electron chi connectivity index (χ3n) is 14.1. The molecule has 0 aromatic heterocycles. The molecule has 1 aliphatic heterocycles. The molecule has 0 aromatic rings. The highest BCUT2D eigenvalue weighted by Gasteiger charge is 2.84. The van der Waals surface area contributed by atoms with E-state index in [9.17, 15) is 15.0 Å². The van der Waals surface area contributed by atoms with Crippen molar-refractivity contribution in [2.24, 2.45) is 50.7 Å². The first-order valence-electron chi connectivity index (χ1n) is 15.5. The Bertz CT molecular complexity index is 947. The molecule has 37 heavy (non-hydrogen) atoms. The predicted octanol–water partition coefficient (Wildman–Crippen LogP) is 5.89. The standard InChI is InChI=1S/C32H52O5/c1-8-9-20(36-19(3)33)21-16-18(2)25-26(37-21)27(35)30(7)23-11-10-22-28(4,5)24(34)12-13-31(22)17-32(23,31)15-14-29(25,30)6/h18,20-27,34-35H,8-17H2,1-7H3. The molecule has 1 saturated heterocycles. The van der Waals surface area contributed by atoms with Crippen LogP contribution in [-0.4, -0.2) is 46.7 Å². The Morgan fingerprint density at radius 2 is 1.70 bits per heavy atom. The van der Waals surface area contributed by atoms with E-state index in [1.165, 1.54) is 26.2 Å². The summed E-state index contributed by atoms with van der Waals surface area (Å²) >= 11 is 0. The molecule has 0 radical (unpaired) electrons. The minimum atomic E-state index is -0.495. The highest BCUT2D eigenvalue weighted by Crippen LogP contribution is 2.89. The minimum absolute atomic E-state index is 0.0213. The monoisotopic (exact) mass is 516 g/mol. The average molecular weight is 517 g/mol. The highest BCUT2D eigenvalue weighted by atomic mass is 16.6. The van der Waals surface area contributed by atoms with Gasteiger partial charge in [-0.3, -0.25) is 4.79 Å². The summed E-state index contributed by atoms with van der Waals surface area (Å²) in [6, 6.07) is 0. The van der Waals surface area contributed by atoms with E-state index in [0.29, 0.717) is 34.5 Å². The van der Waals surface area contributed by atoms with Crippen molar-refractivity contribution in [3.63, 3.8) is 0 Å². The molecule has 2 N–H and O–H groups in total. The van der Waals surface area contributed by atoms with E-state index in [-0.39, 0.29) is 46.6 Å². The predicted molar refractivity (Wildman–Crippen MR) is 143 cm³/mol. The van der Waals surface area contributed by atoms with Crippen molar-refractivity contribution >= 4 is 5.97 Å². The maximum atomic E-state index is 12.3. The molecule has 13 atom stereocenters. The summed E-state index contributed by atoms with van der Waals surface area (Å²) in [6.07, 6.45) is 9.54. The van der Waals surface area contributed by atoms with Gasteiger partial charge in [0.15, 0.2) is 0 Å². The molecule has 6 fully saturated rings. The van der Waals surface area contributed by atoms with E-state index in [1.54, 1.807) is 0 Å². The molecule has 0 amide bonds. The van der Waals surface area contributed by atoms with E-state index in [4.69, 9.17) is 9.47 Å². The second-order valence-corrected chi connectivity index (χ2v) is 15.5. The van der Waals surface area contributed by atoms with Crippen LogP contribution in [0, 0.1) is 50.7 Å². The third kappa shape index (κ3) is 3.11. The van der Waals surface area contributed by atoms with Gasteiger partial charge in [0.2, 0.25) is 0 Å². The molecule has 5 heteroatoms. The summed E-state index contributed by atoms with van der Waals surface area (Å²) < 4.78 is 12.6. The number of aliphatic hydroxyl groups excluding tert-OH is 2. The Morgan fingerprint density at radius 3 is 2.38 bits per heavy atom. The van der Waals surface area contributed by atoms with Crippen molar-refractivity contribution in [3.8, 4) is 0 Å². The highest BCUT2D eigenvalue weighted by molar-refractivity contribution is 5.66. The topological polar surface area (TPSA) is 76.0 Å². The Labute approximate surface area is 224 Å². The number of hydrogen-bond donors (Lipinski definition) is 2. The lowest BCUT2D eigenvalue weighted by Crippen LogP contribution is -2.59. The summed E-state index contributed by atoms with van der Waals surface area (Å²) in [7, 11) is 0. The number of carbonyl (C=O) groups excluding carboxylic acids is 1. The zero-order chi connectivity index (χ0) is 26.8. The van der Waals surface area contributed by atoms with Crippen LogP contribution >= 0.6 is 0 Å². The smallest absolute Gasteiger partial charge is 0.302 e. The van der Waals surface area contributed by atoms with Gasteiger partial charge < -0.3 is 19.7 Å². The first-order chi connectivity index (χ1) is 17.3. The molecule has 13 unspecified atom stereocenters. The van der Waals surface area contributed by atoms with Crippen molar-refractivity contribution in [3.05, 3.63) is 0 Å². The van der Waals surface area contributed by atoms with Crippen LogP contribution in [0.2, 0.25) is 0 Å². The number of hydrogen-bond acceptors (Lipinski definition) is 5. The fourth-order valence-corrected chi connectivity index (χ4v) is 12.4. The fourth-order valence-electron chi connectivity index (χ4n) is 12.4. The molecular weight excluding hydrogens is 464 g/mol. The summed E-state index contributed by atoms with van der Waals surface area (Å²) in [6.45, 7) is 15.5. The van der Waals surface area contributed by atoms with Crippen LogP contribution in [-0.2, 0) is 14.3 Å². The van der Waals surface area contributed by atoms with Gasteiger partial charge in [-0.1, -0.05) is 48.0 Å². The van der Waals surface area contributed by atoms with E-state index < -0.39 is 6.10 Å². The lowest BCUT2D eigenvalue weighted by atomic mass is 9.41. The Morgan fingerprint density at radius 1 is 1.03 bits per heavy atom. The summed E-state index contributed by atoms with van der Waals surface area (Å²) in [5, 5.41) is 23.2. The second kappa shape index (κ2) is 8.19. The van der Waals surface area contributed by atoms with Crippen LogP contribution < -0.4 is 0 Å². The van der Waals surface area contributed by atoms with E-state index >= 15 is 0 Å². The number of fused-ring (bicyclic) bond motifs is 4. The molecule has 6 rings (SSSR count). The summed E-state index contributed by atoms with van der Waals surface area (Å²) in [4.78, 5) is 11.9. The van der Waals surface area contributed by atoms with Crippen molar-refractivity contribution in [1.29, 1.82) is 0 Å². The summed E-state index contributed by atoms with van der Waals surface area (Å²) in [5.74, 6) is 1.61. The van der Waals surface area contributed by atoms with E-state index in [1.807, 2.05) is 0 Å². The number of ether oxygens (including phenoxy) is 2. The number of rotatable bonds is 4. The van der Waals surface area contributed by atoms with Gasteiger partial charge >= 0.3 is 5.97 Å². The van der Waals surface area contributed by atoms with Gasteiger partial charge in [-0.25, -0.2) is 0 Å². The largest absolute Gasteiger partial charge is 0.460 e. The molecule has 5 aliphatic carbocycles. The molecule has 5 saturated carbocycles. The molecule has 210 valence electrons. The van der Waals surface area contributed by atoms with Crippen molar-refractivity contribution in [1.82, 2.24) is 0 Å². The van der Waals surface area contributed by atoms with Gasteiger partial charge in [-0.15, -0.1) is 0 Å². The Hall–Kier alpha value is -0.650. The normalized spacial score (nSPS) is 56.1.